The van der Waals surface area contributed by atoms with Crippen LogP contribution in [0.15, 0.2) is 42.5 Å². The largest absolute Gasteiger partial charge is 0.496 e. The molecule has 0 spiro atoms. The summed E-state index contributed by atoms with van der Waals surface area (Å²) in [6.45, 7) is 6.93. The van der Waals surface area contributed by atoms with Crippen LogP contribution in [0.5, 0.6) is 11.5 Å². The topological polar surface area (TPSA) is 108 Å². The maximum atomic E-state index is 12.6. The molecule has 1 N–H and O–H groups in total. The molecule has 1 atom stereocenters. The van der Waals surface area contributed by atoms with Gasteiger partial charge in [0.1, 0.15) is 5.75 Å². The molecule has 0 aromatic heterocycles. The minimum Gasteiger partial charge on any atom is -0.496 e. The van der Waals surface area contributed by atoms with Crippen LogP contribution in [0.3, 0.4) is 0 Å². The molecule has 29 heavy (non-hydrogen) atoms. The van der Waals surface area contributed by atoms with Crippen LogP contribution in [0, 0.1) is 15.5 Å². The van der Waals surface area contributed by atoms with Gasteiger partial charge in [-0.1, -0.05) is 20.8 Å². The molecule has 0 aliphatic rings. The first-order chi connectivity index (χ1) is 13.5. The lowest BCUT2D eigenvalue weighted by Gasteiger charge is -2.18. The Hall–Kier alpha value is -3.42. The van der Waals surface area contributed by atoms with Crippen molar-refractivity contribution in [3.63, 3.8) is 0 Å². The number of anilines is 1. The molecular weight excluding hydrogens is 376 g/mol. The lowest BCUT2D eigenvalue weighted by atomic mass is 9.95. The Morgan fingerprint density at radius 3 is 2.24 bits per heavy atom. The molecule has 1 amide bonds. The van der Waals surface area contributed by atoms with E-state index in [0.717, 1.165) is 0 Å². The molecule has 2 rings (SSSR count). The van der Waals surface area contributed by atoms with E-state index in [1.807, 2.05) is 0 Å². The quantitative estimate of drug-likeness (QED) is 0.423. The van der Waals surface area contributed by atoms with Crippen LogP contribution < -0.4 is 14.8 Å². The molecular formula is C21H24N2O6. The number of nitro groups is 1. The number of methoxy groups -OCH3 is 1. The molecule has 0 bridgehead atoms. The first-order valence-electron chi connectivity index (χ1n) is 8.97. The minimum atomic E-state index is -0.947. The highest BCUT2D eigenvalue weighted by Gasteiger charge is 2.24. The Bertz CT molecular complexity index is 916. The average molecular weight is 400 g/mol. The third kappa shape index (κ3) is 5.54. The van der Waals surface area contributed by atoms with Gasteiger partial charge in [0.2, 0.25) is 11.7 Å². The van der Waals surface area contributed by atoms with Gasteiger partial charge in [-0.25, -0.2) is 0 Å². The predicted octanol–water partition coefficient (Wildman–Crippen LogP) is 4.24. The van der Waals surface area contributed by atoms with Gasteiger partial charge in [-0.3, -0.25) is 19.7 Å². The zero-order chi connectivity index (χ0) is 21.8. The molecule has 8 nitrogen and oxygen atoms in total. The van der Waals surface area contributed by atoms with Gasteiger partial charge in [-0.15, -0.1) is 0 Å². The van der Waals surface area contributed by atoms with E-state index >= 15 is 0 Å². The summed E-state index contributed by atoms with van der Waals surface area (Å²) >= 11 is 0. The number of hydrogen-bond donors (Lipinski definition) is 1. The summed E-state index contributed by atoms with van der Waals surface area (Å²) in [7, 11) is 1.40. The van der Waals surface area contributed by atoms with E-state index in [2.05, 4.69) is 5.32 Å². The van der Waals surface area contributed by atoms with E-state index in [1.165, 1.54) is 32.2 Å². The number of nitrogens with one attached hydrogen (secondary N) is 1. The summed E-state index contributed by atoms with van der Waals surface area (Å²) < 4.78 is 10.5. The average Bonchev–Trinajstić information content (AvgIpc) is 2.67. The molecule has 2 aromatic rings. The first-order valence-corrected chi connectivity index (χ1v) is 8.97. The van der Waals surface area contributed by atoms with Gasteiger partial charge >= 0.3 is 5.69 Å². The van der Waals surface area contributed by atoms with E-state index in [-0.39, 0.29) is 23.1 Å². The molecule has 8 heteroatoms. The number of nitro benzene ring substituents is 1. The number of carbonyl (C=O) groups is 2. The number of carbonyl (C=O) groups excluding carboxylic acids is 2. The Balaban J connectivity index is 2.13. The highest BCUT2D eigenvalue weighted by Crippen LogP contribution is 2.32. The zero-order valence-electron chi connectivity index (χ0n) is 17.0. The standard InChI is InChI=1S/C21H24N2O6/c1-13(29-18-11-10-16(28-5)12-17(18)23(26)27)19(24)14-6-8-15(9-7-14)22-20(25)21(2,3)4/h6-13H,1-5H3,(H,22,25)/t13-/m1/s1. The second-order valence-electron chi connectivity index (χ2n) is 7.50. The van der Waals surface area contributed by atoms with Crippen LogP contribution in [0.4, 0.5) is 11.4 Å². The highest BCUT2D eigenvalue weighted by atomic mass is 16.6. The fourth-order valence-electron chi connectivity index (χ4n) is 2.38. The number of benzene rings is 2. The number of amides is 1. The Morgan fingerprint density at radius 2 is 1.72 bits per heavy atom. The van der Waals surface area contributed by atoms with Gasteiger partial charge in [0, 0.05) is 16.7 Å². The van der Waals surface area contributed by atoms with Crippen LogP contribution in [-0.2, 0) is 4.79 Å². The Labute approximate surface area is 169 Å². The van der Waals surface area contributed by atoms with E-state index in [4.69, 9.17) is 9.47 Å². The van der Waals surface area contributed by atoms with E-state index in [1.54, 1.807) is 45.0 Å². The second-order valence-corrected chi connectivity index (χ2v) is 7.50. The predicted molar refractivity (Wildman–Crippen MR) is 109 cm³/mol. The zero-order valence-corrected chi connectivity index (χ0v) is 17.0. The third-order valence-electron chi connectivity index (χ3n) is 4.14. The lowest BCUT2D eigenvalue weighted by Crippen LogP contribution is -2.27. The van der Waals surface area contributed by atoms with Gasteiger partial charge in [-0.2, -0.15) is 0 Å². The SMILES string of the molecule is COc1ccc(O[C@H](C)C(=O)c2ccc(NC(=O)C(C)(C)C)cc2)c([N+](=O)[O-])c1. The van der Waals surface area contributed by atoms with Crippen molar-refractivity contribution in [2.24, 2.45) is 5.41 Å². The number of rotatable bonds is 7. The van der Waals surface area contributed by atoms with Crippen molar-refractivity contribution in [1.82, 2.24) is 0 Å². The molecule has 0 heterocycles. The Kier molecular flexibility index (Phi) is 6.58. The van der Waals surface area contributed by atoms with Gasteiger partial charge in [0.05, 0.1) is 18.1 Å². The van der Waals surface area contributed by atoms with Gasteiger partial charge in [0.15, 0.2) is 11.9 Å². The molecule has 154 valence electrons. The lowest BCUT2D eigenvalue weighted by molar-refractivity contribution is -0.386. The summed E-state index contributed by atoms with van der Waals surface area (Å²) in [5.74, 6) is -0.189. The monoisotopic (exact) mass is 400 g/mol. The summed E-state index contributed by atoms with van der Waals surface area (Å²) in [5.41, 5.74) is 0.108. The van der Waals surface area contributed by atoms with E-state index in [9.17, 15) is 19.7 Å². The van der Waals surface area contributed by atoms with Crippen LogP contribution in [-0.4, -0.2) is 29.8 Å². The van der Waals surface area contributed by atoms with Gasteiger partial charge in [-0.05, 0) is 43.3 Å². The summed E-state index contributed by atoms with van der Waals surface area (Å²) in [6, 6.07) is 10.5. The number of ether oxygens (including phenoxy) is 2. The normalized spacial score (nSPS) is 12.0. The maximum Gasteiger partial charge on any atom is 0.314 e. The fraction of sp³-hybridized carbons (Fsp3) is 0.333. The van der Waals surface area contributed by atoms with Crippen molar-refractivity contribution in [2.75, 3.05) is 12.4 Å². The van der Waals surface area contributed by atoms with Crippen LogP contribution >= 0.6 is 0 Å². The molecule has 0 aliphatic heterocycles. The minimum absolute atomic E-state index is 0.0225. The van der Waals surface area contributed by atoms with Crippen molar-refractivity contribution < 1.29 is 24.0 Å². The molecule has 0 saturated carbocycles. The Morgan fingerprint density at radius 1 is 1.10 bits per heavy atom. The van der Waals surface area contributed by atoms with E-state index < -0.39 is 16.4 Å². The van der Waals surface area contributed by atoms with Crippen molar-refractivity contribution in [1.29, 1.82) is 0 Å². The van der Waals surface area contributed by atoms with Crippen LogP contribution in [0.1, 0.15) is 38.1 Å². The summed E-state index contributed by atoms with van der Waals surface area (Å²) in [5, 5.41) is 14.0. The molecule has 0 aliphatic carbocycles. The van der Waals surface area contributed by atoms with Crippen molar-refractivity contribution >= 4 is 23.1 Å². The molecule has 0 fully saturated rings. The fourth-order valence-corrected chi connectivity index (χ4v) is 2.38. The summed E-state index contributed by atoms with van der Waals surface area (Å²) in [6.07, 6.45) is -0.947. The van der Waals surface area contributed by atoms with E-state index in [0.29, 0.717) is 17.0 Å². The van der Waals surface area contributed by atoms with Crippen molar-refractivity contribution in [2.45, 2.75) is 33.8 Å². The first kappa shape index (κ1) is 21.9. The highest BCUT2D eigenvalue weighted by molar-refractivity contribution is 6.00. The van der Waals surface area contributed by atoms with Gasteiger partial charge < -0.3 is 14.8 Å². The number of Topliss-reactive ketones (excluding diaryl/α,β-unsaturated/α-hetero) is 1. The molecule has 0 unspecified atom stereocenters. The molecule has 2 aromatic carbocycles. The van der Waals surface area contributed by atoms with Crippen LogP contribution in [0.25, 0.3) is 0 Å². The molecule has 0 radical (unpaired) electrons. The third-order valence-corrected chi connectivity index (χ3v) is 4.14. The number of nitrogens with zero attached hydrogens (tertiary/aromatic N) is 1. The summed E-state index contributed by atoms with van der Waals surface area (Å²) in [4.78, 5) is 35.3. The smallest absolute Gasteiger partial charge is 0.314 e. The second kappa shape index (κ2) is 8.72. The van der Waals surface area contributed by atoms with Crippen molar-refractivity contribution in [3.05, 3.63) is 58.1 Å². The number of ketones is 1. The van der Waals surface area contributed by atoms with Crippen molar-refractivity contribution in [3.8, 4) is 11.5 Å². The van der Waals surface area contributed by atoms with Crippen LogP contribution in [0.2, 0.25) is 0 Å². The van der Waals surface area contributed by atoms with Gasteiger partial charge in [0.25, 0.3) is 0 Å². The number of hydrogen-bond acceptors (Lipinski definition) is 6. The maximum absolute atomic E-state index is 12.6. The molecule has 0 saturated heterocycles.